The van der Waals surface area contributed by atoms with Crippen molar-refractivity contribution in [3.05, 3.63) is 44.8 Å². The van der Waals surface area contributed by atoms with Gasteiger partial charge in [-0.2, -0.15) is 0 Å². The molecule has 0 amide bonds. The molecule has 0 saturated carbocycles. The van der Waals surface area contributed by atoms with Crippen molar-refractivity contribution in [3.8, 4) is 10.4 Å². The zero-order chi connectivity index (χ0) is 11.4. The van der Waals surface area contributed by atoms with Gasteiger partial charge in [0.05, 0.1) is 0 Å². The Balaban J connectivity index is 2.22. The zero-order valence-electron chi connectivity index (χ0n) is 9.16. The lowest BCUT2D eigenvalue weighted by Gasteiger charge is -2.00. The molecule has 0 fully saturated rings. The fraction of sp³-hybridized carbons (Fsp3) is 0.231. The minimum absolute atomic E-state index is 0.977. The quantitative estimate of drug-likeness (QED) is 0.823. The highest BCUT2D eigenvalue weighted by atomic mass is 127. The van der Waals surface area contributed by atoms with Crippen LogP contribution in [0.2, 0.25) is 0 Å². The number of halogens is 1. The highest BCUT2D eigenvalue weighted by Crippen LogP contribution is 2.31. The second kappa shape index (κ2) is 5.80. The summed E-state index contributed by atoms with van der Waals surface area (Å²) < 4.78 is 1.32. The Morgan fingerprint density at radius 2 is 2.00 bits per heavy atom. The molecule has 3 heteroatoms. The summed E-state index contributed by atoms with van der Waals surface area (Å²) >= 11 is 4.27. The van der Waals surface area contributed by atoms with E-state index in [9.17, 15) is 0 Å². The van der Waals surface area contributed by atoms with Crippen molar-refractivity contribution >= 4 is 33.9 Å². The van der Waals surface area contributed by atoms with Crippen LogP contribution in [0.5, 0.6) is 0 Å². The molecule has 1 aromatic heterocycles. The van der Waals surface area contributed by atoms with Gasteiger partial charge in [-0.3, -0.25) is 0 Å². The van der Waals surface area contributed by atoms with Gasteiger partial charge < -0.3 is 5.32 Å². The normalized spacial score (nSPS) is 10.6. The van der Waals surface area contributed by atoms with Crippen molar-refractivity contribution in [2.24, 2.45) is 0 Å². The highest BCUT2D eigenvalue weighted by Gasteiger charge is 2.05. The number of thiophene rings is 1. The van der Waals surface area contributed by atoms with Crippen LogP contribution >= 0.6 is 33.9 Å². The smallest absolute Gasteiger partial charge is 0.0356 e. The van der Waals surface area contributed by atoms with Gasteiger partial charge in [-0.1, -0.05) is 25.1 Å². The molecule has 0 aliphatic heterocycles. The van der Waals surface area contributed by atoms with E-state index in [-0.39, 0.29) is 0 Å². The van der Waals surface area contributed by atoms with Gasteiger partial charge in [0.25, 0.3) is 0 Å². The number of nitrogens with one attached hydrogen (secondary N) is 1. The molecule has 1 heterocycles. The van der Waals surface area contributed by atoms with E-state index in [2.05, 4.69) is 71.2 Å². The first-order chi connectivity index (χ1) is 7.81. The monoisotopic (exact) mass is 343 g/mol. The molecule has 1 N–H and O–H groups in total. The van der Waals surface area contributed by atoms with Crippen LogP contribution in [0.15, 0.2) is 36.4 Å². The second-order valence-corrected chi connectivity index (χ2v) is 5.86. The fourth-order valence-corrected chi connectivity index (χ4v) is 3.40. The Hall–Kier alpha value is -0.390. The minimum atomic E-state index is 0.977. The van der Waals surface area contributed by atoms with Crippen LogP contribution in [0, 0.1) is 3.57 Å². The lowest BCUT2D eigenvalue weighted by atomic mass is 10.2. The summed E-state index contributed by atoms with van der Waals surface area (Å²) in [5.41, 5.74) is 1.34. The molecule has 0 spiro atoms. The van der Waals surface area contributed by atoms with E-state index in [1.165, 1.54) is 18.9 Å². The molecular formula is C13H14INS. The van der Waals surface area contributed by atoms with Gasteiger partial charge in [0.2, 0.25) is 0 Å². The third kappa shape index (κ3) is 2.84. The predicted molar refractivity (Wildman–Crippen MR) is 79.9 cm³/mol. The van der Waals surface area contributed by atoms with Crippen LogP contribution in [0.4, 0.5) is 0 Å². The Bertz CT molecular complexity index is 464. The van der Waals surface area contributed by atoms with Gasteiger partial charge >= 0.3 is 0 Å². The van der Waals surface area contributed by atoms with Crippen molar-refractivity contribution in [3.63, 3.8) is 0 Å². The summed E-state index contributed by atoms with van der Waals surface area (Å²) in [7, 11) is 0. The van der Waals surface area contributed by atoms with Gasteiger partial charge in [0, 0.05) is 25.4 Å². The molecule has 0 bridgehead atoms. The number of hydrogen-bond acceptors (Lipinski definition) is 2. The molecule has 1 aromatic carbocycles. The second-order valence-electron chi connectivity index (χ2n) is 3.53. The first kappa shape index (κ1) is 12.1. The molecule has 16 heavy (non-hydrogen) atoms. The summed E-state index contributed by atoms with van der Waals surface area (Å²) in [6.07, 6.45) is 0. The standard InChI is InChI=1S/C13H14INS/c1-2-15-9-10-7-8-13(16-10)11-5-3-4-6-12(11)14/h3-8,15H,2,9H2,1H3. The van der Waals surface area contributed by atoms with E-state index >= 15 is 0 Å². The molecule has 0 aliphatic rings. The van der Waals surface area contributed by atoms with Gasteiger partial charge in [-0.05, 0) is 47.3 Å². The van der Waals surface area contributed by atoms with Crippen molar-refractivity contribution in [1.82, 2.24) is 5.32 Å². The van der Waals surface area contributed by atoms with E-state index in [0.717, 1.165) is 13.1 Å². The molecule has 0 aliphatic carbocycles. The third-order valence-corrected chi connectivity index (χ3v) is 4.41. The maximum Gasteiger partial charge on any atom is 0.0356 e. The zero-order valence-corrected chi connectivity index (χ0v) is 12.1. The van der Waals surface area contributed by atoms with Gasteiger partial charge in [0.1, 0.15) is 0 Å². The fourth-order valence-electron chi connectivity index (χ4n) is 1.53. The molecular weight excluding hydrogens is 329 g/mol. The topological polar surface area (TPSA) is 12.0 Å². The van der Waals surface area contributed by atoms with Crippen molar-refractivity contribution in [2.75, 3.05) is 6.54 Å². The van der Waals surface area contributed by atoms with Crippen LogP contribution in [-0.4, -0.2) is 6.54 Å². The van der Waals surface area contributed by atoms with Crippen molar-refractivity contribution in [1.29, 1.82) is 0 Å². The minimum Gasteiger partial charge on any atom is -0.312 e. The SMILES string of the molecule is CCNCc1ccc(-c2ccccc2I)s1. The lowest BCUT2D eigenvalue weighted by molar-refractivity contribution is 0.735. The van der Waals surface area contributed by atoms with Crippen molar-refractivity contribution < 1.29 is 0 Å². The van der Waals surface area contributed by atoms with Crippen LogP contribution in [0.1, 0.15) is 11.8 Å². The Kier molecular flexibility index (Phi) is 4.37. The molecule has 0 radical (unpaired) electrons. The molecule has 0 unspecified atom stereocenters. The van der Waals surface area contributed by atoms with E-state index in [1.54, 1.807) is 0 Å². The van der Waals surface area contributed by atoms with Gasteiger partial charge in [0.15, 0.2) is 0 Å². The Labute approximate surface area is 114 Å². The number of rotatable bonds is 4. The first-order valence-corrected chi connectivity index (χ1v) is 7.25. The lowest BCUT2D eigenvalue weighted by Crippen LogP contribution is -2.10. The average molecular weight is 343 g/mol. The van der Waals surface area contributed by atoms with Gasteiger partial charge in [-0.15, -0.1) is 11.3 Å². The largest absolute Gasteiger partial charge is 0.312 e. The maximum absolute atomic E-state index is 3.35. The summed E-state index contributed by atoms with van der Waals surface area (Å²) in [5, 5.41) is 3.35. The van der Waals surface area contributed by atoms with E-state index < -0.39 is 0 Å². The van der Waals surface area contributed by atoms with Crippen molar-refractivity contribution in [2.45, 2.75) is 13.5 Å². The average Bonchev–Trinajstić information content (AvgIpc) is 2.75. The first-order valence-electron chi connectivity index (χ1n) is 5.35. The Morgan fingerprint density at radius 1 is 1.19 bits per heavy atom. The molecule has 2 aromatic rings. The molecule has 0 atom stereocenters. The van der Waals surface area contributed by atoms with Crippen LogP contribution in [-0.2, 0) is 6.54 Å². The number of benzene rings is 1. The molecule has 84 valence electrons. The molecule has 1 nitrogen and oxygen atoms in total. The van der Waals surface area contributed by atoms with E-state index in [4.69, 9.17) is 0 Å². The van der Waals surface area contributed by atoms with Gasteiger partial charge in [-0.25, -0.2) is 0 Å². The maximum atomic E-state index is 3.35. The highest BCUT2D eigenvalue weighted by molar-refractivity contribution is 14.1. The summed E-state index contributed by atoms with van der Waals surface area (Å²) in [6, 6.07) is 12.9. The van der Waals surface area contributed by atoms with E-state index in [0.29, 0.717) is 0 Å². The Morgan fingerprint density at radius 3 is 2.75 bits per heavy atom. The molecule has 2 rings (SSSR count). The summed E-state index contributed by atoms with van der Waals surface area (Å²) in [6.45, 7) is 4.13. The third-order valence-electron chi connectivity index (χ3n) is 2.35. The van der Waals surface area contributed by atoms with E-state index in [1.807, 2.05) is 11.3 Å². The number of hydrogen-bond donors (Lipinski definition) is 1. The van der Waals surface area contributed by atoms with Crippen LogP contribution in [0.25, 0.3) is 10.4 Å². The van der Waals surface area contributed by atoms with Crippen LogP contribution < -0.4 is 5.32 Å². The summed E-state index contributed by atoms with van der Waals surface area (Å²) in [4.78, 5) is 2.76. The van der Waals surface area contributed by atoms with Crippen LogP contribution in [0.3, 0.4) is 0 Å². The molecule has 0 saturated heterocycles. The summed E-state index contributed by atoms with van der Waals surface area (Å²) in [5.74, 6) is 0. The predicted octanol–water partition coefficient (Wildman–Crippen LogP) is 4.13.